The van der Waals surface area contributed by atoms with Crippen molar-refractivity contribution in [2.24, 2.45) is 0 Å². The van der Waals surface area contributed by atoms with Crippen LogP contribution < -0.4 is 5.32 Å². The molecule has 0 aliphatic carbocycles. The molecule has 1 aliphatic heterocycles. The first-order valence-electron chi connectivity index (χ1n) is 7.35. The lowest BCUT2D eigenvalue weighted by Gasteiger charge is -2.06. The van der Waals surface area contributed by atoms with E-state index in [-0.39, 0.29) is 17.0 Å². The lowest BCUT2D eigenvalue weighted by molar-refractivity contribution is -0.140. The van der Waals surface area contributed by atoms with Crippen LogP contribution in [0.15, 0.2) is 46.5 Å². The molecule has 9 heteroatoms. The fraction of sp³-hybridized carbons (Fsp3) is 0.0588. The number of carbonyl (C=O) groups excluding carboxylic acids is 2. The third kappa shape index (κ3) is 3.31. The molecule has 0 bridgehead atoms. The molecule has 0 unspecified atom stereocenters. The number of benzene rings is 1. The molecule has 0 radical (unpaired) electrons. The Labute approximate surface area is 146 Å². The Kier molecular flexibility index (Phi) is 4.27. The van der Waals surface area contributed by atoms with Crippen LogP contribution in [-0.2, 0) is 9.59 Å². The van der Waals surface area contributed by atoms with E-state index in [9.17, 15) is 19.2 Å². The first-order chi connectivity index (χ1) is 12.3. The van der Waals surface area contributed by atoms with Crippen LogP contribution >= 0.6 is 0 Å². The number of nitrogens with zero attached hydrogens (tertiary/aromatic N) is 1. The molecule has 132 valence electrons. The summed E-state index contributed by atoms with van der Waals surface area (Å²) in [6, 6.07) is 8.39. The average molecular weight is 356 g/mol. The molecule has 3 N–H and O–H groups in total. The second kappa shape index (κ2) is 6.55. The van der Waals surface area contributed by atoms with Crippen molar-refractivity contribution >= 4 is 30.0 Å². The SMILES string of the molecule is O=C(O)CN1C(=O)N/C(=C/c2ccc(-c3ccc(C(=O)O)cc3)o2)C1=O. The Hall–Kier alpha value is -3.88. The largest absolute Gasteiger partial charge is 0.480 e. The van der Waals surface area contributed by atoms with Crippen molar-refractivity contribution in [2.75, 3.05) is 6.54 Å². The summed E-state index contributed by atoms with van der Waals surface area (Å²) in [4.78, 5) is 45.8. The fourth-order valence-corrected chi connectivity index (χ4v) is 2.36. The highest BCUT2D eigenvalue weighted by Gasteiger charge is 2.35. The monoisotopic (exact) mass is 356 g/mol. The molecule has 2 heterocycles. The van der Waals surface area contributed by atoms with E-state index in [0.29, 0.717) is 16.2 Å². The first-order valence-corrected chi connectivity index (χ1v) is 7.35. The van der Waals surface area contributed by atoms with Gasteiger partial charge in [0.15, 0.2) is 0 Å². The smallest absolute Gasteiger partial charge is 0.335 e. The van der Waals surface area contributed by atoms with Gasteiger partial charge in [0, 0.05) is 11.6 Å². The molecule has 0 atom stereocenters. The third-order valence-electron chi connectivity index (χ3n) is 3.59. The van der Waals surface area contributed by atoms with Gasteiger partial charge in [0.05, 0.1) is 5.56 Å². The van der Waals surface area contributed by atoms with Gasteiger partial charge in [-0.25, -0.2) is 14.5 Å². The third-order valence-corrected chi connectivity index (χ3v) is 3.59. The lowest BCUT2D eigenvalue weighted by atomic mass is 10.1. The Morgan fingerprint density at radius 1 is 1.08 bits per heavy atom. The summed E-state index contributed by atoms with van der Waals surface area (Å²) in [5, 5.41) is 19.9. The van der Waals surface area contributed by atoms with Crippen LogP contribution in [0.3, 0.4) is 0 Å². The average Bonchev–Trinajstić information content (AvgIpc) is 3.15. The molecule has 0 spiro atoms. The highest BCUT2D eigenvalue weighted by molar-refractivity contribution is 6.15. The zero-order valence-corrected chi connectivity index (χ0v) is 13.1. The number of imide groups is 1. The van der Waals surface area contributed by atoms with Crippen molar-refractivity contribution in [3.8, 4) is 11.3 Å². The highest BCUT2D eigenvalue weighted by atomic mass is 16.4. The van der Waals surface area contributed by atoms with Gasteiger partial charge in [-0.1, -0.05) is 12.1 Å². The van der Waals surface area contributed by atoms with E-state index in [0.717, 1.165) is 0 Å². The van der Waals surface area contributed by atoms with E-state index in [1.165, 1.54) is 18.2 Å². The number of amides is 3. The molecule has 1 saturated heterocycles. The molecule has 2 aromatic rings. The summed E-state index contributed by atoms with van der Waals surface area (Å²) < 4.78 is 5.57. The van der Waals surface area contributed by atoms with E-state index in [4.69, 9.17) is 14.6 Å². The molecular weight excluding hydrogens is 344 g/mol. The molecule has 0 saturated carbocycles. The van der Waals surface area contributed by atoms with Crippen LogP contribution in [0.2, 0.25) is 0 Å². The number of rotatable bonds is 5. The van der Waals surface area contributed by atoms with Gasteiger partial charge in [-0.2, -0.15) is 0 Å². The quantitative estimate of drug-likeness (QED) is 0.547. The predicted octanol–water partition coefficient (Wildman–Crippen LogP) is 1.62. The maximum Gasteiger partial charge on any atom is 0.335 e. The summed E-state index contributed by atoms with van der Waals surface area (Å²) in [6.45, 7) is -0.735. The van der Waals surface area contributed by atoms with Crippen molar-refractivity contribution in [1.29, 1.82) is 0 Å². The molecule has 1 fully saturated rings. The topological polar surface area (TPSA) is 137 Å². The second-order valence-corrected chi connectivity index (χ2v) is 5.36. The number of carbonyl (C=O) groups is 4. The molecule has 1 aromatic carbocycles. The Bertz CT molecular complexity index is 940. The molecule has 26 heavy (non-hydrogen) atoms. The number of aromatic carboxylic acids is 1. The van der Waals surface area contributed by atoms with E-state index < -0.39 is 30.4 Å². The molecule has 3 rings (SSSR count). The number of carboxylic acid groups (broad SMARTS) is 2. The number of hydrogen-bond donors (Lipinski definition) is 3. The van der Waals surface area contributed by atoms with Crippen molar-refractivity contribution in [1.82, 2.24) is 10.2 Å². The Morgan fingerprint density at radius 2 is 1.77 bits per heavy atom. The van der Waals surface area contributed by atoms with Crippen LogP contribution in [0, 0.1) is 0 Å². The van der Waals surface area contributed by atoms with Gasteiger partial charge in [0.1, 0.15) is 23.8 Å². The minimum Gasteiger partial charge on any atom is -0.480 e. The summed E-state index contributed by atoms with van der Waals surface area (Å²) in [6.07, 6.45) is 1.29. The molecular formula is C17H12N2O7. The molecule has 1 aromatic heterocycles. The lowest BCUT2D eigenvalue weighted by Crippen LogP contribution is -2.35. The Balaban J connectivity index is 1.81. The maximum atomic E-state index is 12.0. The molecule has 9 nitrogen and oxygen atoms in total. The van der Waals surface area contributed by atoms with E-state index in [1.54, 1.807) is 24.3 Å². The number of urea groups is 1. The van der Waals surface area contributed by atoms with Gasteiger partial charge >= 0.3 is 18.0 Å². The summed E-state index contributed by atoms with van der Waals surface area (Å²) in [5.41, 5.74) is 0.674. The van der Waals surface area contributed by atoms with E-state index in [1.807, 2.05) is 0 Å². The zero-order valence-electron chi connectivity index (χ0n) is 13.1. The maximum absolute atomic E-state index is 12.0. The van der Waals surface area contributed by atoms with Crippen LogP contribution in [-0.4, -0.2) is 45.5 Å². The summed E-state index contributed by atoms with van der Waals surface area (Å²) in [7, 11) is 0. The minimum atomic E-state index is -1.31. The summed E-state index contributed by atoms with van der Waals surface area (Å²) in [5.74, 6) is -2.40. The van der Waals surface area contributed by atoms with Gasteiger partial charge < -0.3 is 19.9 Å². The molecule has 3 amide bonds. The van der Waals surface area contributed by atoms with Gasteiger partial charge in [-0.05, 0) is 24.3 Å². The number of hydrogen-bond acceptors (Lipinski definition) is 5. The van der Waals surface area contributed by atoms with Crippen molar-refractivity contribution < 1.29 is 33.8 Å². The number of carboxylic acids is 2. The van der Waals surface area contributed by atoms with Crippen molar-refractivity contribution in [3.63, 3.8) is 0 Å². The standard InChI is InChI=1S/C17H12N2O7/c20-14(21)8-19-15(22)12(18-17(19)25)7-11-5-6-13(26-11)9-1-3-10(4-2-9)16(23)24/h1-7H,8H2,(H,18,25)(H,20,21)(H,23,24)/b12-7+. The second-order valence-electron chi connectivity index (χ2n) is 5.36. The molecule has 1 aliphatic rings. The Morgan fingerprint density at radius 3 is 2.38 bits per heavy atom. The van der Waals surface area contributed by atoms with E-state index in [2.05, 4.69) is 5.32 Å². The number of furan rings is 1. The van der Waals surface area contributed by atoms with Gasteiger partial charge in [-0.15, -0.1) is 0 Å². The normalized spacial score (nSPS) is 15.4. The number of aliphatic carboxylic acids is 1. The first kappa shape index (κ1) is 17.0. The van der Waals surface area contributed by atoms with Crippen LogP contribution in [0.4, 0.5) is 4.79 Å². The predicted molar refractivity (Wildman–Crippen MR) is 87.0 cm³/mol. The number of nitrogens with one attached hydrogen (secondary N) is 1. The minimum absolute atomic E-state index is 0.0987. The van der Waals surface area contributed by atoms with E-state index >= 15 is 0 Å². The summed E-state index contributed by atoms with van der Waals surface area (Å²) >= 11 is 0. The van der Waals surface area contributed by atoms with Gasteiger partial charge in [0.25, 0.3) is 5.91 Å². The van der Waals surface area contributed by atoms with Crippen molar-refractivity contribution in [3.05, 3.63) is 53.4 Å². The zero-order chi connectivity index (χ0) is 18.8. The van der Waals surface area contributed by atoms with Gasteiger partial charge in [-0.3, -0.25) is 9.59 Å². The van der Waals surface area contributed by atoms with Crippen LogP contribution in [0.5, 0.6) is 0 Å². The van der Waals surface area contributed by atoms with Crippen molar-refractivity contribution in [2.45, 2.75) is 0 Å². The van der Waals surface area contributed by atoms with Crippen LogP contribution in [0.25, 0.3) is 17.4 Å². The van der Waals surface area contributed by atoms with Crippen LogP contribution in [0.1, 0.15) is 16.1 Å². The highest BCUT2D eigenvalue weighted by Crippen LogP contribution is 2.24. The van der Waals surface area contributed by atoms with Gasteiger partial charge in [0.2, 0.25) is 0 Å². The fourth-order valence-electron chi connectivity index (χ4n) is 2.36.